The SMILES string of the molecule is Brc1ccc([C@@H]2Oc3ccc(Br)cc3[C@@H]3CC(c4ccc5ccccc5c4)=NN32)cc1. The van der Waals surface area contributed by atoms with Crippen LogP contribution in [0.2, 0.25) is 0 Å². The van der Waals surface area contributed by atoms with E-state index in [1.165, 1.54) is 21.9 Å². The predicted octanol–water partition coefficient (Wildman–Crippen LogP) is 7.61. The molecule has 31 heavy (non-hydrogen) atoms. The summed E-state index contributed by atoms with van der Waals surface area (Å²) in [6, 6.07) is 29.7. The number of hydrazone groups is 1. The summed E-state index contributed by atoms with van der Waals surface area (Å²) < 4.78 is 8.57. The highest BCUT2D eigenvalue weighted by atomic mass is 79.9. The van der Waals surface area contributed by atoms with Gasteiger partial charge in [-0.15, -0.1) is 0 Å². The predicted molar refractivity (Wildman–Crippen MR) is 131 cm³/mol. The van der Waals surface area contributed by atoms with Crippen molar-refractivity contribution in [3.05, 3.63) is 111 Å². The Morgan fingerprint density at radius 1 is 0.806 bits per heavy atom. The monoisotopic (exact) mass is 532 g/mol. The van der Waals surface area contributed by atoms with Crippen LogP contribution >= 0.6 is 31.9 Å². The molecule has 152 valence electrons. The van der Waals surface area contributed by atoms with E-state index in [-0.39, 0.29) is 12.3 Å². The molecule has 0 aliphatic carbocycles. The molecule has 0 spiro atoms. The summed E-state index contributed by atoms with van der Waals surface area (Å²) in [5, 5.41) is 9.70. The molecule has 6 rings (SSSR count). The lowest BCUT2D eigenvalue weighted by molar-refractivity contribution is -0.0190. The fourth-order valence-corrected chi connectivity index (χ4v) is 5.09. The van der Waals surface area contributed by atoms with Crippen molar-refractivity contribution < 1.29 is 4.74 Å². The number of fused-ring (bicyclic) bond motifs is 4. The zero-order valence-corrected chi connectivity index (χ0v) is 19.7. The Morgan fingerprint density at radius 3 is 2.42 bits per heavy atom. The summed E-state index contributed by atoms with van der Waals surface area (Å²) in [5.74, 6) is 0.923. The average Bonchev–Trinajstić information content (AvgIpc) is 3.25. The van der Waals surface area contributed by atoms with Crippen LogP contribution in [0.1, 0.15) is 35.4 Å². The van der Waals surface area contributed by atoms with Gasteiger partial charge in [-0.3, -0.25) is 0 Å². The van der Waals surface area contributed by atoms with Crippen molar-refractivity contribution in [3.63, 3.8) is 0 Å². The second-order valence-corrected chi connectivity index (χ2v) is 9.74. The van der Waals surface area contributed by atoms with Crippen molar-refractivity contribution in [2.45, 2.75) is 18.7 Å². The summed E-state index contributed by atoms with van der Waals surface area (Å²) in [6.45, 7) is 0. The van der Waals surface area contributed by atoms with Crippen LogP contribution in [0.3, 0.4) is 0 Å². The van der Waals surface area contributed by atoms with Gasteiger partial charge in [-0.05, 0) is 52.7 Å². The molecule has 2 atom stereocenters. The largest absolute Gasteiger partial charge is 0.464 e. The van der Waals surface area contributed by atoms with E-state index in [9.17, 15) is 0 Å². The van der Waals surface area contributed by atoms with Crippen molar-refractivity contribution in [1.82, 2.24) is 5.01 Å². The van der Waals surface area contributed by atoms with Crippen molar-refractivity contribution in [2.75, 3.05) is 0 Å². The number of benzene rings is 4. The lowest BCUT2D eigenvalue weighted by atomic mass is 9.95. The molecule has 0 saturated heterocycles. The maximum atomic E-state index is 6.46. The Balaban J connectivity index is 1.45. The number of hydrogen-bond acceptors (Lipinski definition) is 3. The molecule has 5 heteroatoms. The van der Waals surface area contributed by atoms with E-state index in [1.54, 1.807) is 0 Å². The molecular weight excluding hydrogens is 516 g/mol. The van der Waals surface area contributed by atoms with Crippen LogP contribution in [-0.2, 0) is 0 Å². The Kier molecular flexibility index (Phi) is 4.62. The minimum atomic E-state index is -0.260. The molecule has 0 bridgehead atoms. The first-order valence-corrected chi connectivity index (χ1v) is 11.8. The van der Waals surface area contributed by atoms with Crippen molar-refractivity contribution >= 4 is 48.3 Å². The summed E-state index contributed by atoms with van der Waals surface area (Å²) in [6.07, 6.45) is 0.586. The molecule has 4 aromatic rings. The molecule has 2 heterocycles. The van der Waals surface area contributed by atoms with Gasteiger partial charge in [-0.2, -0.15) is 5.10 Å². The number of halogens is 2. The van der Waals surface area contributed by atoms with E-state index < -0.39 is 0 Å². The van der Waals surface area contributed by atoms with Gasteiger partial charge in [0.1, 0.15) is 5.75 Å². The highest BCUT2D eigenvalue weighted by Crippen LogP contribution is 2.48. The van der Waals surface area contributed by atoms with E-state index in [1.807, 2.05) is 6.07 Å². The minimum Gasteiger partial charge on any atom is -0.464 e. The Bertz CT molecular complexity index is 1330. The molecule has 2 aliphatic heterocycles. The highest BCUT2D eigenvalue weighted by molar-refractivity contribution is 9.10. The van der Waals surface area contributed by atoms with Gasteiger partial charge in [0.15, 0.2) is 0 Å². The highest BCUT2D eigenvalue weighted by Gasteiger charge is 2.41. The van der Waals surface area contributed by atoms with Crippen LogP contribution in [0.15, 0.2) is 99.0 Å². The smallest absolute Gasteiger partial charge is 0.213 e. The van der Waals surface area contributed by atoms with E-state index in [0.29, 0.717) is 0 Å². The number of ether oxygens (including phenoxy) is 1. The lowest BCUT2D eigenvalue weighted by Crippen LogP contribution is -2.33. The standard InChI is InChI=1S/C26H18Br2N2O/c27-20-9-7-17(8-10-20)26-30-24(22-14-21(28)11-12-25(22)31-26)15-23(29-30)19-6-5-16-3-1-2-4-18(16)13-19/h1-14,24,26H,15H2/t24-,26-/m0/s1. The molecule has 4 aromatic carbocycles. The summed E-state index contributed by atoms with van der Waals surface area (Å²) >= 11 is 7.16. The average molecular weight is 534 g/mol. The van der Waals surface area contributed by atoms with Crippen LogP contribution in [0.4, 0.5) is 0 Å². The fourth-order valence-electron chi connectivity index (χ4n) is 4.45. The first-order chi connectivity index (χ1) is 15.2. The van der Waals surface area contributed by atoms with Crippen LogP contribution in [0.5, 0.6) is 5.75 Å². The molecule has 0 fully saturated rings. The molecule has 2 aliphatic rings. The lowest BCUT2D eigenvalue weighted by Gasteiger charge is -2.38. The molecule has 0 unspecified atom stereocenters. The maximum Gasteiger partial charge on any atom is 0.213 e. The van der Waals surface area contributed by atoms with Gasteiger partial charge in [-0.1, -0.05) is 80.4 Å². The normalized spacial score (nSPS) is 19.5. The van der Waals surface area contributed by atoms with Gasteiger partial charge in [0.25, 0.3) is 0 Å². The van der Waals surface area contributed by atoms with Gasteiger partial charge in [0.2, 0.25) is 6.23 Å². The third-order valence-electron chi connectivity index (χ3n) is 5.99. The molecule has 0 amide bonds. The zero-order valence-electron chi connectivity index (χ0n) is 16.5. The summed E-state index contributed by atoms with van der Waals surface area (Å²) in [5.41, 5.74) is 4.51. The maximum absolute atomic E-state index is 6.46. The first-order valence-electron chi connectivity index (χ1n) is 10.2. The fraction of sp³-hybridized carbons (Fsp3) is 0.115. The zero-order chi connectivity index (χ0) is 20.9. The summed E-state index contributed by atoms with van der Waals surface area (Å²) in [7, 11) is 0. The van der Waals surface area contributed by atoms with Crippen LogP contribution in [-0.4, -0.2) is 10.7 Å². The van der Waals surface area contributed by atoms with E-state index in [4.69, 9.17) is 9.84 Å². The van der Waals surface area contributed by atoms with Gasteiger partial charge < -0.3 is 4.74 Å². The Labute approximate surface area is 197 Å². The number of hydrogen-bond donors (Lipinski definition) is 0. The van der Waals surface area contributed by atoms with Gasteiger partial charge in [-0.25, -0.2) is 5.01 Å². The van der Waals surface area contributed by atoms with Gasteiger partial charge in [0, 0.05) is 26.5 Å². The molecular formula is C26H18Br2N2O. The van der Waals surface area contributed by atoms with E-state index in [2.05, 4.69) is 116 Å². The van der Waals surface area contributed by atoms with Crippen molar-refractivity contribution in [2.24, 2.45) is 5.10 Å². The number of nitrogens with zero attached hydrogens (tertiary/aromatic N) is 2. The molecule has 0 aromatic heterocycles. The first kappa shape index (κ1) is 19.1. The van der Waals surface area contributed by atoms with Crippen molar-refractivity contribution in [3.8, 4) is 5.75 Å². The molecule has 3 nitrogen and oxygen atoms in total. The van der Waals surface area contributed by atoms with Gasteiger partial charge >= 0.3 is 0 Å². The molecule has 0 radical (unpaired) electrons. The third kappa shape index (κ3) is 3.36. The quantitative estimate of drug-likeness (QED) is 0.265. The second-order valence-electron chi connectivity index (χ2n) is 7.91. The van der Waals surface area contributed by atoms with Crippen LogP contribution in [0.25, 0.3) is 10.8 Å². The summed E-state index contributed by atoms with van der Waals surface area (Å²) in [4.78, 5) is 0. The Hall–Kier alpha value is -2.63. The van der Waals surface area contributed by atoms with Crippen LogP contribution < -0.4 is 4.74 Å². The molecule has 0 saturated carbocycles. The van der Waals surface area contributed by atoms with Crippen molar-refractivity contribution in [1.29, 1.82) is 0 Å². The van der Waals surface area contributed by atoms with E-state index in [0.717, 1.165) is 32.4 Å². The third-order valence-corrected chi connectivity index (χ3v) is 7.01. The second kappa shape index (κ2) is 7.50. The topological polar surface area (TPSA) is 24.8 Å². The molecule has 0 N–H and O–H groups in total. The van der Waals surface area contributed by atoms with Crippen LogP contribution in [0, 0.1) is 0 Å². The van der Waals surface area contributed by atoms with Gasteiger partial charge in [0.05, 0.1) is 11.8 Å². The number of rotatable bonds is 2. The Morgan fingerprint density at radius 2 is 1.58 bits per heavy atom. The van der Waals surface area contributed by atoms with E-state index >= 15 is 0 Å². The minimum absolute atomic E-state index is 0.136.